The van der Waals surface area contributed by atoms with Crippen LogP contribution in [0.25, 0.3) is 0 Å². The van der Waals surface area contributed by atoms with Crippen molar-refractivity contribution in [3.05, 3.63) is 0 Å². The van der Waals surface area contributed by atoms with Crippen molar-refractivity contribution in [2.45, 2.75) is 58.7 Å². The third-order valence-electron chi connectivity index (χ3n) is 3.24. The molecule has 0 aliphatic heterocycles. The molecular weight excluding hydrogens is 176 g/mol. The van der Waals surface area contributed by atoms with E-state index in [4.69, 9.17) is 4.74 Å². The standard InChI is InChI=1S/C12H24O2/c1-9(2)12(13)8-14-11-6-4-10(3)5-7-11/h9-13H,4-8H2,1-3H3/t10-,11-,12?. The molecule has 1 fully saturated rings. The van der Waals surface area contributed by atoms with Crippen molar-refractivity contribution in [3.8, 4) is 0 Å². The molecular formula is C12H24O2. The van der Waals surface area contributed by atoms with E-state index < -0.39 is 0 Å². The lowest BCUT2D eigenvalue weighted by molar-refractivity contribution is -0.0415. The van der Waals surface area contributed by atoms with Crippen molar-refractivity contribution in [2.75, 3.05) is 6.61 Å². The molecule has 0 aromatic rings. The Morgan fingerprint density at radius 2 is 1.79 bits per heavy atom. The Morgan fingerprint density at radius 3 is 2.29 bits per heavy atom. The zero-order chi connectivity index (χ0) is 10.6. The summed E-state index contributed by atoms with van der Waals surface area (Å²) in [6.07, 6.45) is 5.01. The first-order valence-electron chi connectivity index (χ1n) is 5.89. The van der Waals surface area contributed by atoms with Crippen LogP contribution in [-0.2, 0) is 4.74 Å². The van der Waals surface area contributed by atoms with E-state index in [0.717, 1.165) is 5.92 Å². The first-order valence-corrected chi connectivity index (χ1v) is 5.89. The molecule has 1 N–H and O–H groups in total. The third kappa shape index (κ3) is 3.97. The van der Waals surface area contributed by atoms with Gasteiger partial charge in [0, 0.05) is 0 Å². The van der Waals surface area contributed by atoms with Gasteiger partial charge in [-0.3, -0.25) is 0 Å². The summed E-state index contributed by atoms with van der Waals surface area (Å²) < 4.78 is 5.70. The highest BCUT2D eigenvalue weighted by Gasteiger charge is 2.20. The Balaban J connectivity index is 2.13. The second-order valence-electron chi connectivity index (χ2n) is 5.03. The number of hydrogen-bond acceptors (Lipinski definition) is 2. The van der Waals surface area contributed by atoms with Gasteiger partial charge in [-0.1, -0.05) is 20.8 Å². The summed E-state index contributed by atoms with van der Waals surface area (Å²) in [5, 5.41) is 9.58. The highest BCUT2D eigenvalue weighted by molar-refractivity contribution is 4.70. The van der Waals surface area contributed by atoms with Crippen molar-refractivity contribution in [3.63, 3.8) is 0 Å². The van der Waals surface area contributed by atoms with E-state index in [1.165, 1.54) is 25.7 Å². The molecule has 0 radical (unpaired) electrons. The van der Waals surface area contributed by atoms with Crippen LogP contribution < -0.4 is 0 Å². The molecule has 0 spiro atoms. The minimum atomic E-state index is -0.297. The fourth-order valence-electron chi connectivity index (χ4n) is 1.82. The van der Waals surface area contributed by atoms with Crippen molar-refractivity contribution >= 4 is 0 Å². The van der Waals surface area contributed by atoms with Crippen molar-refractivity contribution < 1.29 is 9.84 Å². The van der Waals surface area contributed by atoms with Crippen LogP contribution in [0.15, 0.2) is 0 Å². The van der Waals surface area contributed by atoms with E-state index in [9.17, 15) is 5.11 Å². The lowest BCUT2D eigenvalue weighted by atomic mass is 9.89. The molecule has 0 aromatic carbocycles. The molecule has 1 saturated carbocycles. The van der Waals surface area contributed by atoms with Gasteiger partial charge in [0.05, 0.1) is 18.8 Å². The van der Waals surface area contributed by atoms with Crippen molar-refractivity contribution in [1.29, 1.82) is 0 Å². The van der Waals surface area contributed by atoms with Gasteiger partial charge >= 0.3 is 0 Å². The van der Waals surface area contributed by atoms with Gasteiger partial charge in [0.15, 0.2) is 0 Å². The summed E-state index contributed by atoms with van der Waals surface area (Å²) in [4.78, 5) is 0. The fourth-order valence-corrected chi connectivity index (χ4v) is 1.82. The zero-order valence-electron chi connectivity index (χ0n) is 9.70. The van der Waals surface area contributed by atoms with Crippen LogP contribution in [-0.4, -0.2) is 23.9 Å². The average molecular weight is 200 g/mol. The van der Waals surface area contributed by atoms with Crippen LogP contribution >= 0.6 is 0 Å². The molecule has 84 valence electrons. The van der Waals surface area contributed by atoms with Gasteiger partial charge in [-0.15, -0.1) is 0 Å². The Bertz CT molecular complexity index is 148. The molecule has 0 bridgehead atoms. The predicted molar refractivity (Wildman–Crippen MR) is 58.2 cm³/mol. The molecule has 0 amide bonds. The number of hydrogen-bond donors (Lipinski definition) is 1. The van der Waals surface area contributed by atoms with E-state index in [0.29, 0.717) is 18.6 Å². The first kappa shape index (κ1) is 12.0. The number of ether oxygens (including phenoxy) is 1. The maximum absolute atomic E-state index is 9.58. The van der Waals surface area contributed by atoms with Crippen LogP contribution in [0.3, 0.4) is 0 Å². The fraction of sp³-hybridized carbons (Fsp3) is 1.00. The second kappa shape index (κ2) is 5.72. The lowest BCUT2D eigenvalue weighted by Gasteiger charge is -2.27. The van der Waals surface area contributed by atoms with Crippen molar-refractivity contribution in [2.24, 2.45) is 11.8 Å². The van der Waals surface area contributed by atoms with E-state index in [-0.39, 0.29) is 6.10 Å². The van der Waals surface area contributed by atoms with Gasteiger partial charge in [0.2, 0.25) is 0 Å². The summed E-state index contributed by atoms with van der Waals surface area (Å²) in [6.45, 7) is 6.86. The maximum Gasteiger partial charge on any atom is 0.0796 e. The monoisotopic (exact) mass is 200 g/mol. The van der Waals surface area contributed by atoms with Gasteiger partial charge in [0.1, 0.15) is 0 Å². The molecule has 0 saturated heterocycles. The normalized spacial score (nSPS) is 30.6. The Hall–Kier alpha value is -0.0800. The maximum atomic E-state index is 9.58. The van der Waals surface area contributed by atoms with Crippen LogP contribution in [0.2, 0.25) is 0 Å². The minimum Gasteiger partial charge on any atom is -0.390 e. The smallest absolute Gasteiger partial charge is 0.0796 e. The van der Waals surface area contributed by atoms with Gasteiger partial charge in [-0.25, -0.2) is 0 Å². The average Bonchev–Trinajstić information content (AvgIpc) is 2.16. The topological polar surface area (TPSA) is 29.5 Å². The zero-order valence-corrected chi connectivity index (χ0v) is 9.70. The summed E-state index contributed by atoms with van der Waals surface area (Å²) in [5.41, 5.74) is 0. The number of aliphatic hydroxyl groups excluding tert-OH is 1. The van der Waals surface area contributed by atoms with Gasteiger partial charge in [-0.05, 0) is 37.5 Å². The highest BCUT2D eigenvalue weighted by atomic mass is 16.5. The van der Waals surface area contributed by atoms with E-state index in [2.05, 4.69) is 6.92 Å². The summed E-state index contributed by atoms with van der Waals surface area (Å²) in [7, 11) is 0. The van der Waals surface area contributed by atoms with Crippen LogP contribution in [0.5, 0.6) is 0 Å². The molecule has 1 aliphatic carbocycles. The van der Waals surface area contributed by atoms with Gasteiger partial charge < -0.3 is 9.84 Å². The molecule has 0 aromatic heterocycles. The Labute approximate surface area is 87.7 Å². The Kier molecular flexibility index (Phi) is 4.90. The number of rotatable bonds is 4. The third-order valence-corrected chi connectivity index (χ3v) is 3.24. The van der Waals surface area contributed by atoms with Crippen molar-refractivity contribution in [1.82, 2.24) is 0 Å². The molecule has 1 aliphatic rings. The molecule has 2 nitrogen and oxygen atoms in total. The molecule has 0 heterocycles. The second-order valence-corrected chi connectivity index (χ2v) is 5.03. The summed E-state index contributed by atoms with van der Waals surface area (Å²) >= 11 is 0. The molecule has 2 heteroatoms. The predicted octanol–water partition coefficient (Wildman–Crippen LogP) is 2.60. The molecule has 14 heavy (non-hydrogen) atoms. The number of aliphatic hydroxyl groups is 1. The SMILES string of the molecule is CC(C)C(O)CO[C@H]1CC[C@H](C)CC1. The van der Waals surface area contributed by atoms with Crippen LogP contribution in [0.4, 0.5) is 0 Å². The quantitative estimate of drug-likeness (QED) is 0.756. The van der Waals surface area contributed by atoms with E-state index in [1.807, 2.05) is 13.8 Å². The van der Waals surface area contributed by atoms with E-state index >= 15 is 0 Å². The van der Waals surface area contributed by atoms with Gasteiger partial charge in [0.25, 0.3) is 0 Å². The first-order chi connectivity index (χ1) is 6.59. The lowest BCUT2D eigenvalue weighted by Crippen LogP contribution is -2.28. The Morgan fingerprint density at radius 1 is 1.21 bits per heavy atom. The summed E-state index contributed by atoms with van der Waals surface area (Å²) in [6, 6.07) is 0. The minimum absolute atomic E-state index is 0.297. The van der Waals surface area contributed by atoms with Crippen LogP contribution in [0, 0.1) is 11.8 Å². The van der Waals surface area contributed by atoms with Gasteiger partial charge in [-0.2, -0.15) is 0 Å². The largest absolute Gasteiger partial charge is 0.390 e. The molecule has 1 atom stereocenters. The van der Waals surface area contributed by atoms with Crippen LogP contribution in [0.1, 0.15) is 46.5 Å². The highest BCUT2D eigenvalue weighted by Crippen LogP contribution is 2.25. The van der Waals surface area contributed by atoms with E-state index in [1.54, 1.807) is 0 Å². The molecule has 1 unspecified atom stereocenters. The summed E-state index contributed by atoms with van der Waals surface area (Å²) in [5.74, 6) is 1.17. The molecule has 1 rings (SSSR count).